The fourth-order valence-corrected chi connectivity index (χ4v) is 2.87. The number of hydrogen-bond acceptors (Lipinski definition) is 6. The first kappa shape index (κ1) is 17.4. The van der Waals surface area contributed by atoms with Crippen molar-refractivity contribution in [2.45, 2.75) is 6.42 Å². The van der Waals surface area contributed by atoms with Crippen LogP contribution in [0.2, 0.25) is 0 Å². The molecule has 0 radical (unpaired) electrons. The highest BCUT2D eigenvalue weighted by molar-refractivity contribution is 5.50. The van der Waals surface area contributed by atoms with Gasteiger partial charge in [0.15, 0.2) is 0 Å². The van der Waals surface area contributed by atoms with Gasteiger partial charge in [-0.05, 0) is 36.8 Å². The van der Waals surface area contributed by atoms with Crippen molar-refractivity contribution in [3.63, 3.8) is 0 Å². The Kier molecular flexibility index (Phi) is 6.00. The average Bonchev–Trinajstić information content (AvgIpc) is 2.66. The lowest BCUT2D eigenvalue weighted by atomic mass is 10.2. The molecule has 2 aromatic rings. The summed E-state index contributed by atoms with van der Waals surface area (Å²) in [6.45, 7) is 5.02. The summed E-state index contributed by atoms with van der Waals surface area (Å²) in [4.78, 5) is 13.4. The second kappa shape index (κ2) is 8.62. The van der Waals surface area contributed by atoms with E-state index in [2.05, 4.69) is 25.1 Å². The monoisotopic (exact) mass is 345 g/mol. The molecule has 7 heteroatoms. The molecule has 134 valence electrons. The number of hydrogen-bond donors (Lipinski definition) is 1. The van der Waals surface area contributed by atoms with Crippen LogP contribution in [0.1, 0.15) is 6.42 Å². The van der Waals surface area contributed by atoms with Crippen LogP contribution >= 0.6 is 0 Å². The molecule has 0 unspecified atom stereocenters. The van der Waals surface area contributed by atoms with Gasteiger partial charge in [0.25, 0.3) is 0 Å². The van der Waals surface area contributed by atoms with E-state index < -0.39 is 0 Å². The number of nitrogens with one attached hydrogen (secondary N) is 1. The predicted octanol–water partition coefficient (Wildman–Crippen LogP) is 2.39. The van der Waals surface area contributed by atoms with Crippen LogP contribution in [-0.4, -0.2) is 56.4 Å². The second-order valence-electron chi connectivity index (χ2n) is 5.96. The summed E-state index contributed by atoms with van der Waals surface area (Å²) in [6, 6.07) is 8.62. The summed E-state index contributed by atoms with van der Waals surface area (Å²) in [5.74, 6) is 1.38. The van der Waals surface area contributed by atoms with E-state index in [9.17, 15) is 4.39 Å². The molecule has 1 fully saturated rings. The third-order valence-electron chi connectivity index (χ3n) is 4.24. The molecule has 1 N–H and O–H groups in total. The van der Waals surface area contributed by atoms with E-state index in [4.69, 9.17) is 4.74 Å². The Hall–Kier alpha value is -2.41. The number of halogens is 1. The lowest BCUT2D eigenvalue weighted by molar-refractivity contribution is 0.197. The zero-order chi connectivity index (χ0) is 17.5. The average molecular weight is 345 g/mol. The molecule has 0 spiro atoms. The number of anilines is 3. The van der Waals surface area contributed by atoms with Crippen molar-refractivity contribution in [1.29, 1.82) is 0 Å². The Balaban J connectivity index is 1.54. The highest BCUT2D eigenvalue weighted by atomic mass is 19.1. The van der Waals surface area contributed by atoms with Crippen molar-refractivity contribution < 1.29 is 9.13 Å². The summed E-state index contributed by atoms with van der Waals surface area (Å²) >= 11 is 0. The molecule has 6 nitrogen and oxygen atoms in total. The largest absolute Gasteiger partial charge is 0.385 e. The van der Waals surface area contributed by atoms with Crippen LogP contribution in [0.4, 0.5) is 21.8 Å². The van der Waals surface area contributed by atoms with E-state index in [1.165, 1.54) is 12.1 Å². The third kappa shape index (κ3) is 4.79. The van der Waals surface area contributed by atoms with Crippen LogP contribution < -0.4 is 15.1 Å². The molecule has 0 bridgehead atoms. The van der Waals surface area contributed by atoms with Crippen LogP contribution in [0.3, 0.4) is 0 Å². The van der Waals surface area contributed by atoms with Crippen molar-refractivity contribution in [2.75, 3.05) is 61.6 Å². The molecule has 0 atom stereocenters. The molecule has 1 aromatic heterocycles. The molecular formula is C18H24FN5O. The van der Waals surface area contributed by atoms with E-state index in [1.54, 1.807) is 13.3 Å². The Morgan fingerprint density at radius 1 is 1.08 bits per heavy atom. The van der Waals surface area contributed by atoms with Gasteiger partial charge in [0.2, 0.25) is 5.95 Å². The Morgan fingerprint density at radius 2 is 1.80 bits per heavy atom. The zero-order valence-corrected chi connectivity index (χ0v) is 14.5. The van der Waals surface area contributed by atoms with Gasteiger partial charge in [-0.15, -0.1) is 0 Å². The quantitative estimate of drug-likeness (QED) is 0.778. The number of nitrogens with zero attached hydrogens (tertiary/aromatic N) is 4. The third-order valence-corrected chi connectivity index (χ3v) is 4.24. The van der Waals surface area contributed by atoms with E-state index in [0.717, 1.165) is 57.3 Å². The summed E-state index contributed by atoms with van der Waals surface area (Å²) < 4.78 is 18.1. The van der Waals surface area contributed by atoms with Crippen molar-refractivity contribution in [1.82, 2.24) is 9.97 Å². The van der Waals surface area contributed by atoms with Gasteiger partial charge in [0.1, 0.15) is 11.6 Å². The minimum atomic E-state index is -0.200. The SMILES string of the molecule is COCCCNc1nccc(N2CCN(c3ccc(F)cc3)CC2)n1. The molecule has 3 rings (SSSR count). The normalized spacial score (nSPS) is 14.6. The molecular weight excluding hydrogens is 321 g/mol. The highest BCUT2D eigenvalue weighted by Crippen LogP contribution is 2.20. The van der Waals surface area contributed by atoms with Gasteiger partial charge in [0, 0.05) is 58.3 Å². The molecule has 1 aromatic carbocycles. The summed E-state index contributed by atoms with van der Waals surface area (Å²) in [5, 5.41) is 3.22. The molecule has 1 saturated heterocycles. The molecule has 1 aliphatic heterocycles. The van der Waals surface area contributed by atoms with Gasteiger partial charge >= 0.3 is 0 Å². The Labute approximate surface area is 147 Å². The van der Waals surface area contributed by atoms with E-state index >= 15 is 0 Å². The zero-order valence-electron chi connectivity index (χ0n) is 14.5. The minimum absolute atomic E-state index is 0.200. The molecule has 1 aliphatic rings. The Bertz CT molecular complexity index is 659. The molecule has 2 heterocycles. The predicted molar refractivity (Wildman–Crippen MR) is 97.8 cm³/mol. The van der Waals surface area contributed by atoms with Gasteiger partial charge in [-0.1, -0.05) is 0 Å². The number of methoxy groups -OCH3 is 1. The number of ether oxygens (including phenoxy) is 1. The van der Waals surface area contributed by atoms with Crippen LogP contribution in [0.15, 0.2) is 36.5 Å². The van der Waals surface area contributed by atoms with Crippen LogP contribution in [-0.2, 0) is 4.74 Å². The summed E-state index contributed by atoms with van der Waals surface area (Å²) in [7, 11) is 1.70. The van der Waals surface area contributed by atoms with E-state index in [1.807, 2.05) is 18.2 Å². The maximum atomic E-state index is 13.1. The van der Waals surface area contributed by atoms with Crippen molar-refractivity contribution >= 4 is 17.5 Å². The van der Waals surface area contributed by atoms with Crippen LogP contribution in [0.5, 0.6) is 0 Å². The molecule has 0 saturated carbocycles. The second-order valence-corrected chi connectivity index (χ2v) is 5.96. The summed E-state index contributed by atoms with van der Waals surface area (Å²) in [5.41, 5.74) is 1.06. The first-order chi connectivity index (χ1) is 12.3. The lowest BCUT2D eigenvalue weighted by Gasteiger charge is -2.36. The van der Waals surface area contributed by atoms with Gasteiger partial charge in [-0.2, -0.15) is 4.98 Å². The topological polar surface area (TPSA) is 53.5 Å². The van der Waals surface area contributed by atoms with Gasteiger partial charge in [-0.25, -0.2) is 9.37 Å². The van der Waals surface area contributed by atoms with Crippen LogP contribution in [0.25, 0.3) is 0 Å². The first-order valence-electron chi connectivity index (χ1n) is 8.57. The molecule has 25 heavy (non-hydrogen) atoms. The smallest absolute Gasteiger partial charge is 0.224 e. The number of piperazine rings is 1. The molecule has 0 amide bonds. The minimum Gasteiger partial charge on any atom is -0.385 e. The standard InChI is InChI=1S/C18H24FN5O/c1-25-14-2-8-20-18-21-9-7-17(22-18)24-12-10-23(11-13-24)16-5-3-15(19)4-6-16/h3-7,9H,2,8,10-14H2,1H3,(H,20,21,22). The van der Waals surface area contributed by atoms with E-state index in [0.29, 0.717) is 5.95 Å². The van der Waals surface area contributed by atoms with Crippen molar-refractivity contribution in [2.24, 2.45) is 0 Å². The fourth-order valence-electron chi connectivity index (χ4n) is 2.87. The number of rotatable bonds is 7. The fraction of sp³-hybridized carbons (Fsp3) is 0.444. The van der Waals surface area contributed by atoms with Crippen LogP contribution in [0, 0.1) is 5.82 Å². The van der Waals surface area contributed by atoms with Gasteiger partial charge < -0.3 is 19.9 Å². The van der Waals surface area contributed by atoms with Crippen molar-refractivity contribution in [3.05, 3.63) is 42.3 Å². The summed E-state index contributed by atoms with van der Waals surface area (Å²) in [6.07, 6.45) is 2.70. The van der Waals surface area contributed by atoms with Gasteiger partial charge in [0.05, 0.1) is 0 Å². The highest BCUT2D eigenvalue weighted by Gasteiger charge is 2.18. The lowest BCUT2D eigenvalue weighted by Crippen LogP contribution is -2.46. The maximum Gasteiger partial charge on any atom is 0.224 e. The van der Waals surface area contributed by atoms with Crippen molar-refractivity contribution in [3.8, 4) is 0 Å². The Morgan fingerprint density at radius 3 is 2.52 bits per heavy atom. The number of aromatic nitrogens is 2. The van der Waals surface area contributed by atoms with E-state index in [-0.39, 0.29) is 5.82 Å². The molecule has 0 aliphatic carbocycles. The maximum absolute atomic E-state index is 13.1. The number of benzene rings is 1. The first-order valence-corrected chi connectivity index (χ1v) is 8.57. The van der Waals surface area contributed by atoms with Gasteiger partial charge in [-0.3, -0.25) is 0 Å².